The Kier molecular flexibility index (Phi) is 5.10. The Morgan fingerprint density at radius 2 is 1.55 bits per heavy atom. The van der Waals surface area contributed by atoms with E-state index in [1.54, 1.807) is 24.3 Å². The fourth-order valence-electron chi connectivity index (χ4n) is 1.80. The van der Waals surface area contributed by atoms with Gasteiger partial charge in [0.1, 0.15) is 0 Å². The lowest BCUT2D eigenvalue weighted by Crippen LogP contribution is -2.06. The van der Waals surface area contributed by atoms with Gasteiger partial charge in [-0.15, -0.1) is 0 Å². The second-order valence-corrected chi connectivity index (χ2v) is 6.40. The maximum Gasteiger partial charge on any atom is 0.331 e. The molecule has 106 valence electrons. The summed E-state index contributed by atoms with van der Waals surface area (Å²) in [4.78, 5) is 9.78. The fraction of sp³-hybridized carbons (Fsp3) is 0.200. The molecule has 5 heteroatoms. The van der Waals surface area contributed by atoms with Crippen molar-refractivity contribution in [3.63, 3.8) is 0 Å². The molecule has 0 fully saturated rings. The first-order valence-electron chi connectivity index (χ1n) is 6.30. The molecular weight excluding hydrogens is 275 g/mol. The summed E-state index contributed by atoms with van der Waals surface area (Å²) in [6, 6.07) is 17.9. The van der Waals surface area contributed by atoms with Crippen molar-refractivity contribution in [1.82, 2.24) is 0 Å². The van der Waals surface area contributed by atoms with Crippen LogP contribution >= 0.6 is 7.60 Å². The molecule has 0 amide bonds. The van der Waals surface area contributed by atoms with Crippen molar-refractivity contribution in [3.05, 3.63) is 71.8 Å². The molecule has 2 atom stereocenters. The van der Waals surface area contributed by atoms with Crippen molar-refractivity contribution in [3.8, 4) is 0 Å². The minimum Gasteiger partial charge on any atom is -0.388 e. The minimum atomic E-state index is -3.83. The molecule has 2 rings (SSSR count). The zero-order valence-electron chi connectivity index (χ0n) is 10.9. The van der Waals surface area contributed by atoms with Gasteiger partial charge in [-0.2, -0.15) is 0 Å². The lowest BCUT2D eigenvalue weighted by atomic mass is 10.1. The Balaban J connectivity index is 1.92. The quantitative estimate of drug-likeness (QED) is 0.803. The van der Waals surface area contributed by atoms with E-state index in [4.69, 9.17) is 4.52 Å². The summed E-state index contributed by atoms with van der Waals surface area (Å²) >= 11 is 0. The van der Waals surface area contributed by atoms with Crippen LogP contribution < -0.4 is 0 Å². The average molecular weight is 292 g/mol. The average Bonchev–Trinajstić information content (AvgIpc) is 2.47. The lowest BCUT2D eigenvalue weighted by molar-refractivity contribution is 0.180. The van der Waals surface area contributed by atoms with Gasteiger partial charge in [0.25, 0.3) is 0 Å². The normalized spacial score (nSPS) is 15.5. The molecular formula is C15H17O4P. The van der Waals surface area contributed by atoms with Crippen LogP contribution in [0.4, 0.5) is 0 Å². The van der Waals surface area contributed by atoms with Crippen LogP contribution in [0.3, 0.4) is 0 Å². The van der Waals surface area contributed by atoms with Gasteiger partial charge in [0.05, 0.1) is 18.9 Å². The van der Waals surface area contributed by atoms with Gasteiger partial charge < -0.3 is 14.5 Å². The van der Waals surface area contributed by atoms with E-state index in [2.05, 4.69) is 0 Å². The van der Waals surface area contributed by atoms with Crippen molar-refractivity contribution >= 4 is 7.60 Å². The fourth-order valence-corrected chi connectivity index (χ4v) is 2.91. The molecule has 0 bridgehead atoms. The maximum atomic E-state index is 11.9. The molecule has 2 unspecified atom stereocenters. The Hall–Kier alpha value is -1.45. The molecule has 0 aliphatic rings. The molecule has 0 radical (unpaired) electrons. The van der Waals surface area contributed by atoms with Gasteiger partial charge in [0.2, 0.25) is 0 Å². The summed E-state index contributed by atoms with van der Waals surface area (Å²) in [7, 11) is -3.83. The molecule has 0 heterocycles. The third kappa shape index (κ3) is 4.58. The first-order valence-corrected chi connectivity index (χ1v) is 8.06. The van der Waals surface area contributed by atoms with E-state index < -0.39 is 13.7 Å². The predicted molar refractivity (Wildman–Crippen MR) is 77.3 cm³/mol. The molecule has 0 aliphatic carbocycles. The summed E-state index contributed by atoms with van der Waals surface area (Å²) < 4.78 is 17.0. The zero-order valence-corrected chi connectivity index (χ0v) is 11.8. The van der Waals surface area contributed by atoms with Crippen LogP contribution in [0.1, 0.15) is 17.2 Å². The van der Waals surface area contributed by atoms with Crippen molar-refractivity contribution in [1.29, 1.82) is 0 Å². The Bertz CT molecular complexity index is 571. The monoisotopic (exact) mass is 292 g/mol. The summed E-state index contributed by atoms with van der Waals surface area (Å²) in [5.74, 6) is 0. The van der Waals surface area contributed by atoms with Crippen molar-refractivity contribution < 1.29 is 19.1 Å². The minimum absolute atomic E-state index is 0.0517. The second-order valence-electron chi connectivity index (χ2n) is 4.51. The van der Waals surface area contributed by atoms with E-state index >= 15 is 0 Å². The summed E-state index contributed by atoms with van der Waals surface area (Å²) in [6.45, 7) is 0.0517. The van der Waals surface area contributed by atoms with E-state index in [-0.39, 0.29) is 12.8 Å². The summed E-state index contributed by atoms with van der Waals surface area (Å²) in [6.07, 6.45) is -1.33. The van der Waals surface area contributed by atoms with Gasteiger partial charge >= 0.3 is 7.60 Å². The standard InChI is InChI=1S/C15H17O4P/c16-15(14-9-5-2-6-10-14)12-20(17,18)19-11-13-7-3-1-4-8-13/h1-10,15-16H,11-12H2,(H,17,18). The van der Waals surface area contributed by atoms with Crippen LogP contribution in [0.25, 0.3) is 0 Å². The van der Waals surface area contributed by atoms with Gasteiger partial charge in [-0.3, -0.25) is 4.57 Å². The Morgan fingerprint density at radius 1 is 1.00 bits per heavy atom. The molecule has 2 aromatic rings. The topological polar surface area (TPSA) is 66.8 Å². The number of rotatable bonds is 6. The van der Waals surface area contributed by atoms with Gasteiger partial charge in [-0.05, 0) is 11.1 Å². The third-order valence-corrected chi connectivity index (χ3v) is 4.20. The molecule has 2 N–H and O–H groups in total. The van der Waals surface area contributed by atoms with Gasteiger partial charge in [-0.1, -0.05) is 60.7 Å². The highest BCUT2D eigenvalue weighted by Gasteiger charge is 2.25. The van der Waals surface area contributed by atoms with Crippen molar-refractivity contribution in [2.75, 3.05) is 6.16 Å². The number of hydrogen-bond acceptors (Lipinski definition) is 3. The van der Waals surface area contributed by atoms with E-state index in [9.17, 15) is 14.6 Å². The van der Waals surface area contributed by atoms with Crippen LogP contribution in [0.15, 0.2) is 60.7 Å². The molecule has 0 aromatic heterocycles. The Labute approximate surface area is 118 Å². The van der Waals surface area contributed by atoms with Gasteiger partial charge in [-0.25, -0.2) is 0 Å². The van der Waals surface area contributed by atoms with Gasteiger partial charge in [0, 0.05) is 0 Å². The molecule has 0 aliphatic heterocycles. The first-order chi connectivity index (χ1) is 9.57. The summed E-state index contributed by atoms with van der Waals surface area (Å²) in [5.41, 5.74) is 1.42. The molecule has 0 saturated carbocycles. The van der Waals surface area contributed by atoms with E-state index in [0.717, 1.165) is 5.56 Å². The number of hydrogen-bond donors (Lipinski definition) is 2. The van der Waals surface area contributed by atoms with Crippen LogP contribution in [0.5, 0.6) is 0 Å². The maximum absolute atomic E-state index is 11.9. The SMILES string of the molecule is O=P(O)(CC(O)c1ccccc1)OCc1ccccc1. The van der Waals surface area contributed by atoms with Crippen LogP contribution in [0.2, 0.25) is 0 Å². The zero-order chi connectivity index (χ0) is 14.4. The smallest absolute Gasteiger partial charge is 0.331 e. The Morgan fingerprint density at radius 3 is 2.15 bits per heavy atom. The lowest BCUT2D eigenvalue weighted by Gasteiger charge is -2.16. The highest BCUT2D eigenvalue weighted by molar-refractivity contribution is 7.52. The van der Waals surface area contributed by atoms with Crippen molar-refractivity contribution in [2.24, 2.45) is 0 Å². The van der Waals surface area contributed by atoms with Crippen LogP contribution in [-0.2, 0) is 15.7 Å². The third-order valence-electron chi connectivity index (χ3n) is 2.86. The van der Waals surface area contributed by atoms with Crippen LogP contribution in [-0.4, -0.2) is 16.2 Å². The number of benzene rings is 2. The first kappa shape index (κ1) is 14.9. The number of aliphatic hydroxyl groups is 1. The number of aliphatic hydroxyl groups excluding tert-OH is 1. The molecule has 0 saturated heterocycles. The van der Waals surface area contributed by atoms with E-state index in [0.29, 0.717) is 5.56 Å². The highest BCUT2D eigenvalue weighted by Crippen LogP contribution is 2.46. The highest BCUT2D eigenvalue weighted by atomic mass is 31.2. The molecule has 20 heavy (non-hydrogen) atoms. The van der Waals surface area contributed by atoms with Crippen LogP contribution in [0, 0.1) is 0 Å². The molecule has 0 spiro atoms. The van der Waals surface area contributed by atoms with E-state index in [1.165, 1.54) is 0 Å². The largest absolute Gasteiger partial charge is 0.388 e. The summed E-state index contributed by atoms with van der Waals surface area (Å²) in [5, 5.41) is 9.94. The molecule has 4 nitrogen and oxygen atoms in total. The second kappa shape index (κ2) is 6.82. The van der Waals surface area contributed by atoms with Gasteiger partial charge in [0.15, 0.2) is 0 Å². The molecule has 2 aromatic carbocycles. The van der Waals surface area contributed by atoms with E-state index in [1.807, 2.05) is 36.4 Å². The predicted octanol–water partition coefficient (Wildman–Crippen LogP) is 3.12. The van der Waals surface area contributed by atoms with Crippen molar-refractivity contribution in [2.45, 2.75) is 12.7 Å².